The number of phenolic OH excluding ortho intramolecular Hbond substituents is 1. The van der Waals surface area contributed by atoms with Crippen LogP contribution in [-0.4, -0.2) is 23.1 Å². The molecule has 0 aliphatic rings. The van der Waals surface area contributed by atoms with Gasteiger partial charge < -0.3 is 5.11 Å². The highest BCUT2D eigenvalue weighted by Gasteiger charge is 2.16. The summed E-state index contributed by atoms with van der Waals surface area (Å²) in [5.41, 5.74) is 1.02. The Morgan fingerprint density at radius 3 is 2.42 bits per heavy atom. The van der Waals surface area contributed by atoms with E-state index in [1.165, 1.54) is 5.39 Å². The summed E-state index contributed by atoms with van der Waals surface area (Å²) in [5.74, 6) is 0.989. The Morgan fingerprint density at radius 2 is 1.74 bits per heavy atom. The number of aromatic hydroxyl groups is 1. The predicted molar refractivity (Wildman–Crippen MR) is 81.4 cm³/mol. The van der Waals surface area contributed by atoms with Crippen molar-refractivity contribution in [3.05, 3.63) is 42.0 Å². The summed E-state index contributed by atoms with van der Waals surface area (Å²) in [6.45, 7) is 7.45. The Balaban J connectivity index is 2.37. The number of nitrogens with zero attached hydrogens (tertiary/aromatic N) is 1. The van der Waals surface area contributed by atoms with Crippen molar-refractivity contribution in [1.82, 2.24) is 4.90 Å². The molecule has 1 unspecified atom stereocenters. The highest BCUT2D eigenvalue weighted by molar-refractivity contribution is 5.87. The van der Waals surface area contributed by atoms with Gasteiger partial charge in [0.05, 0.1) is 0 Å². The molecule has 0 heterocycles. The summed E-state index contributed by atoms with van der Waals surface area (Å²) in [6, 6.07) is 12.5. The van der Waals surface area contributed by atoms with Crippen LogP contribution in [-0.2, 0) is 6.54 Å². The minimum atomic E-state index is 0.390. The third-order valence-electron chi connectivity index (χ3n) is 4.08. The second kappa shape index (κ2) is 5.62. The first kappa shape index (κ1) is 13.9. The molecule has 0 aromatic heterocycles. The van der Waals surface area contributed by atoms with Crippen LogP contribution in [0.2, 0.25) is 0 Å². The van der Waals surface area contributed by atoms with Gasteiger partial charge in [0.25, 0.3) is 0 Å². The maximum absolute atomic E-state index is 10.2. The molecule has 0 saturated carbocycles. The fraction of sp³-hybridized carbons (Fsp3) is 0.412. The van der Waals surface area contributed by atoms with Crippen molar-refractivity contribution in [1.29, 1.82) is 0 Å². The van der Waals surface area contributed by atoms with Gasteiger partial charge in [0.2, 0.25) is 0 Å². The van der Waals surface area contributed by atoms with Crippen LogP contribution in [0.1, 0.15) is 26.3 Å². The quantitative estimate of drug-likeness (QED) is 0.894. The van der Waals surface area contributed by atoms with Crippen molar-refractivity contribution in [2.45, 2.75) is 33.4 Å². The number of phenols is 1. The van der Waals surface area contributed by atoms with Crippen molar-refractivity contribution < 1.29 is 5.11 Å². The SMILES string of the molecule is CC(C)C(C)N(C)Cc1c(O)ccc2ccccc12. The number of rotatable bonds is 4. The molecule has 0 radical (unpaired) electrons. The zero-order chi connectivity index (χ0) is 14.0. The lowest BCUT2D eigenvalue weighted by Gasteiger charge is -2.28. The minimum absolute atomic E-state index is 0.390. The van der Waals surface area contributed by atoms with Crippen LogP contribution in [0.25, 0.3) is 10.8 Å². The van der Waals surface area contributed by atoms with Crippen LogP contribution in [0.4, 0.5) is 0 Å². The van der Waals surface area contributed by atoms with Crippen LogP contribution < -0.4 is 0 Å². The molecule has 2 rings (SSSR count). The maximum Gasteiger partial charge on any atom is 0.120 e. The number of benzene rings is 2. The van der Waals surface area contributed by atoms with Gasteiger partial charge in [-0.1, -0.05) is 44.2 Å². The maximum atomic E-state index is 10.2. The minimum Gasteiger partial charge on any atom is -0.508 e. The molecule has 102 valence electrons. The molecule has 0 aliphatic heterocycles. The zero-order valence-corrected chi connectivity index (χ0v) is 12.2. The van der Waals surface area contributed by atoms with E-state index in [-0.39, 0.29) is 0 Å². The topological polar surface area (TPSA) is 23.5 Å². The average Bonchev–Trinajstić information content (AvgIpc) is 2.40. The van der Waals surface area contributed by atoms with E-state index in [2.05, 4.69) is 44.9 Å². The standard InChI is InChI=1S/C17H23NO/c1-12(2)13(3)18(4)11-16-15-8-6-5-7-14(15)9-10-17(16)19/h5-10,12-13,19H,11H2,1-4H3. The second-order valence-corrected chi connectivity index (χ2v) is 5.68. The molecule has 19 heavy (non-hydrogen) atoms. The summed E-state index contributed by atoms with van der Waals surface area (Å²) < 4.78 is 0. The van der Waals surface area contributed by atoms with Gasteiger partial charge in [-0.2, -0.15) is 0 Å². The fourth-order valence-electron chi connectivity index (χ4n) is 2.39. The van der Waals surface area contributed by atoms with Crippen LogP contribution in [0.5, 0.6) is 5.75 Å². The monoisotopic (exact) mass is 257 g/mol. The number of fused-ring (bicyclic) bond motifs is 1. The Hall–Kier alpha value is -1.54. The Labute approximate surface area is 115 Å². The molecule has 2 heteroatoms. The predicted octanol–water partition coefficient (Wildman–Crippen LogP) is 4.02. The van der Waals surface area contributed by atoms with E-state index in [0.717, 1.165) is 17.5 Å². The largest absolute Gasteiger partial charge is 0.508 e. The third kappa shape index (κ3) is 2.90. The lowest BCUT2D eigenvalue weighted by molar-refractivity contribution is 0.199. The van der Waals surface area contributed by atoms with Crippen molar-refractivity contribution in [2.75, 3.05) is 7.05 Å². The van der Waals surface area contributed by atoms with Crippen LogP contribution >= 0.6 is 0 Å². The summed E-state index contributed by atoms with van der Waals surface area (Å²) in [5, 5.41) is 12.5. The van der Waals surface area contributed by atoms with E-state index < -0.39 is 0 Å². The fourth-order valence-corrected chi connectivity index (χ4v) is 2.39. The summed E-state index contributed by atoms with van der Waals surface area (Å²) in [6.07, 6.45) is 0. The summed E-state index contributed by atoms with van der Waals surface area (Å²) in [4.78, 5) is 2.30. The first-order chi connectivity index (χ1) is 9.00. The molecular formula is C17H23NO. The van der Waals surface area contributed by atoms with E-state index in [4.69, 9.17) is 0 Å². The van der Waals surface area contributed by atoms with E-state index in [0.29, 0.717) is 17.7 Å². The molecule has 0 saturated heterocycles. The van der Waals surface area contributed by atoms with Gasteiger partial charge in [0.1, 0.15) is 5.75 Å². The van der Waals surface area contributed by atoms with Gasteiger partial charge in [-0.15, -0.1) is 0 Å². The van der Waals surface area contributed by atoms with E-state index in [9.17, 15) is 5.11 Å². The Bertz CT molecular complexity index is 562. The molecule has 1 N–H and O–H groups in total. The normalized spacial score (nSPS) is 13.4. The van der Waals surface area contributed by atoms with E-state index in [1.54, 1.807) is 6.07 Å². The van der Waals surface area contributed by atoms with Gasteiger partial charge in [-0.25, -0.2) is 0 Å². The van der Waals surface area contributed by atoms with E-state index >= 15 is 0 Å². The molecule has 0 aliphatic carbocycles. The van der Waals surface area contributed by atoms with Crippen LogP contribution in [0.3, 0.4) is 0 Å². The highest BCUT2D eigenvalue weighted by atomic mass is 16.3. The van der Waals surface area contributed by atoms with Crippen molar-refractivity contribution in [2.24, 2.45) is 5.92 Å². The molecule has 0 fully saturated rings. The Kier molecular flexibility index (Phi) is 4.11. The van der Waals surface area contributed by atoms with Gasteiger partial charge in [-0.3, -0.25) is 4.90 Å². The zero-order valence-electron chi connectivity index (χ0n) is 12.2. The lowest BCUT2D eigenvalue weighted by atomic mass is 10.0. The molecule has 0 amide bonds. The molecule has 0 spiro atoms. The lowest BCUT2D eigenvalue weighted by Crippen LogP contribution is -2.32. The van der Waals surface area contributed by atoms with Crippen molar-refractivity contribution >= 4 is 10.8 Å². The van der Waals surface area contributed by atoms with Crippen molar-refractivity contribution in [3.8, 4) is 5.75 Å². The second-order valence-electron chi connectivity index (χ2n) is 5.68. The first-order valence-corrected chi connectivity index (χ1v) is 6.90. The molecular weight excluding hydrogens is 234 g/mol. The van der Waals surface area contributed by atoms with Crippen LogP contribution in [0.15, 0.2) is 36.4 Å². The average molecular weight is 257 g/mol. The van der Waals surface area contributed by atoms with E-state index in [1.807, 2.05) is 18.2 Å². The van der Waals surface area contributed by atoms with Crippen LogP contribution in [0, 0.1) is 5.92 Å². The third-order valence-corrected chi connectivity index (χ3v) is 4.08. The molecule has 0 bridgehead atoms. The smallest absolute Gasteiger partial charge is 0.120 e. The molecule has 2 aromatic carbocycles. The number of hydrogen-bond acceptors (Lipinski definition) is 2. The highest BCUT2D eigenvalue weighted by Crippen LogP contribution is 2.28. The van der Waals surface area contributed by atoms with Gasteiger partial charge >= 0.3 is 0 Å². The molecule has 2 aromatic rings. The van der Waals surface area contributed by atoms with Gasteiger partial charge in [-0.05, 0) is 36.7 Å². The van der Waals surface area contributed by atoms with Gasteiger partial charge in [0.15, 0.2) is 0 Å². The number of hydrogen-bond donors (Lipinski definition) is 1. The molecule has 1 atom stereocenters. The van der Waals surface area contributed by atoms with Gasteiger partial charge in [0, 0.05) is 18.2 Å². The first-order valence-electron chi connectivity index (χ1n) is 6.90. The summed E-state index contributed by atoms with van der Waals surface area (Å²) >= 11 is 0. The summed E-state index contributed by atoms with van der Waals surface area (Å²) in [7, 11) is 2.12. The van der Waals surface area contributed by atoms with Crippen molar-refractivity contribution in [3.63, 3.8) is 0 Å². The Morgan fingerprint density at radius 1 is 1.05 bits per heavy atom. The molecule has 2 nitrogen and oxygen atoms in total.